The Balaban J connectivity index is 1.81. The van der Waals surface area contributed by atoms with Crippen LogP contribution in [0.4, 0.5) is 10.1 Å². The Morgan fingerprint density at radius 2 is 1.44 bits per heavy atom. The Morgan fingerprint density at radius 1 is 0.815 bits per heavy atom. The molecule has 4 rings (SSSR count). The van der Waals surface area contributed by atoms with Crippen molar-refractivity contribution in [3.8, 4) is 0 Å². The zero-order chi connectivity index (χ0) is 19.0. The van der Waals surface area contributed by atoms with Crippen LogP contribution in [0, 0.1) is 5.82 Å². The number of piperidine rings is 1. The van der Waals surface area contributed by atoms with Gasteiger partial charge in [0.1, 0.15) is 11.5 Å². The van der Waals surface area contributed by atoms with Crippen LogP contribution in [0.1, 0.15) is 24.8 Å². The van der Waals surface area contributed by atoms with E-state index in [1.165, 1.54) is 17.0 Å². The predicted octanol–water partition coefficient (Wildman–Crippen LogP) is 4.25. The number of benzene rings is 2. The van der Waals surface area contributed by atoms with E-state index in [1.807, 2.05) is 4.90 Å². The van der Waals surface area contributed by atoms with Gasteiger partial charge in [-0.3, -0.25) is 9.59 Å². The zero-order valence-corrected chi connectivity index (χ0v) is 15.4. The van der Waals surface area contributed by atoms with Crippen LogP contribution in [0.15, 0.2) is 54.2 Å². The van der Waals surface area contributed by atoms with Crippen molar-refractivity contribution in [1.29, 1.82) is 0 Å². The number of hydrogen-bond donors (Lipinski definition) is 0. The fourth-order valence-corrected chi connectivity index (χ4v) is 3.76. The topological polar surface area (TPSA) is 40.6 Å². The van der Waals surface area contributed by atoms with E-state index in [2.05, 4.69) is 0 Å². The molecule has 0 spiro atoms. The molecule has 0 N–H and O–H groups in total. The van der Waals surface area contributed by atoms with Crippen molar-refractivity contribution in [1.82, 2.24) is 4.90 Å². The molecule has 0 saturated carbocycles. The highest BCUT2D eigenvalue weighted by Crippen LogP contribution is 2.36. The van der Waals surface area contributed by atoms with Gasteiger partial charge in [-0.05, 0) is 61.2 Å². The van der Waals surface area contributed by atoms with Gasteiger partial charge in [-0.2, -0.15) is 0 Å². The number of amides is 2. The van der Waals surface area contributed by atoms with E-state index in [1.54, 1.807) is 36.4 Å². The number of rotatable bonds is 3. The molecule has 0 radical (unpaired) electrons. The standard InChI is InChI=1S/C21H18ClFN2O2/c22-15-6-10-17(11-7-15)25-20(26)18(14-4-8-16(23)9-5-14)19(21(25)27)24-12-2-1-3-13-24/h4-11H,1-3,12-13H2. The first-order chi connectivity index (χ1) is 13.1. The van der Waals surface area contributed by atoms with Gasteiger partial charge >= 0.3 is 0 Å². The van der Waals surface area contributed by atoms with Crippen molar-refractivity contribution >= 4 is 34.7 Å². The summed E-state index contributed by atoms with van der Waals surface area (Å²) in [5.41, 5.74) is 1.76. The number of likely N-dealkylation sites (tertiary alicyclic amines) is 1. The number of nitrogens with zero attached hydrogens (tertiary/aromatic N) is 2. The second-order valence-electron chi connectivity index (χ2n) is 6.70. The smallest absolute Gasteiger partial charge is 0.282 e. The van der Waals surface area contributed by atoms with E-state index >= 15 is 0 Å². The molecule has 6 heteroatoms. The Kier molecular flexibility index (Phi) is 4.70. The second-order valence-corrected chi connectivity index (χ2v) is 7.14. The lowest BCUT2D eigenvalue weighted by Gasteiger charge is -2.29. The molecular weight excluding hydrogens is 367 g/mol. The zero-order valence-electron chi connectivity index (χ0n) is 14.6. The number of carbonyl (C=O) groups is 2. The van der Waals surface area contributed by atoms with Gasteiger partial charge in [0.05, 0.1) is 11.3 Å². The van der Waals surface area contributed by atoms with Crippen molar-refractivity contribution in [2.24, 2.45) is 0 Å². The van der Waals surface area contributed by atoms with Crippen LogP contribution >= 0.6 is 11.6 Å². The van der Waals surface area contributed by atoms with E-state index in [0.717, 1.165) is 32.4 Å². The number of hydrogen-bond acceptors (Lipinski definition) is 3. The van der Waals surface area contributed by atoms with E-state index in [-0.39, 0.29) is 11.7 Å². The van der Waals surface area contributed by atoms with Gasteiger partial charge in [-0.25, -0.2) is 9.29 Å². The summed E-state index contributed by atoms with van der Waals surface area (Å²) >= 11 is 5.94. The Morgan fingerprint density at radius 3 is 2.07 bits per heavy atom. The lowest BCUT2D eigenvalue weighted by Crippen LogP contribution is -2.37. The summed E-state index contributed by atoms with van der Waals surface area (Å²) in [5, 5.41) is 0.529. The largest absolute Gasteiger partial charge is 0.366 e. The number of halogens is 2. The maximum atomic E-state index is 13.4. The molecule has 0 unspecified atom stereocenters. The highest BCUT2D eigenvalue weighted by molar-refractivity contribution is 6.45. The maximum absolute atomic E-state index is 13.4. The number of anilines is 1. The molecule has 2 amide bonds. The number of carbonyl (C=O) groups excluding carboxylic acids is 2. The van der Waals surface area contributed by atoms with Crippen LogP contribution in [-0.4, -0.2) is 29.8 Å². The summed E-state index contributed by atoms with van der Waals surface area (Å²) in [7, 11) is 0. The molecule has 0 atom stereocenters. The second kappa shape index (κ2) is 7.16. The molecule has 0 bridgehead atoms. The molecule has 0 aliphatic carbocycles. The van der Waals surface area contributed by atoms with Crippen LogP contribution in [0.2, 0.25) is 5.02 Å². The van der Waals surface area contributed by atoms with E-state index in [0.29, 0.717) is 27.5 Å². The third-order valence-electron chi connectivity index (χ3n) is 4.95. The summed E-state index contributed by atoms with van der Waals surface area (Å²) in [6.45, 7) is 1.46. The highest BCUT2D eigenvalue weighted by Gasteiger charge is 2.42. The average Bonchev–Trinajstić information content (AvgIpc) is 2.94. The molecule has 0 aromatic heterocycles. The molecule has 2 aromatic carbocycles. The summed E-state index contributed by atoms with van der Waals surface area (Å²) in [4.78, 5) is 29.6. The monoisotopic (exact) mass is 384 g/mol. The molecule has 2 aliphatic heterocycles. The maximum Gasteiger partial charge on any atom is 0.282 e. The molecule has 2 aliphatic rings. The van der Waals surface area contributed by atoms with Gasteiger partial charge < -0.3 is 4.90 Å². The van der Waals surface area contributed by atoms with Crippen LogP contribution in [0.25, 0.3) is 5.57 Å². The van der Waals surface area contributed by atoms with Gasteiger partial charge in [0, 0.05) is 18.1 Å². The lowest BCUT2D eigenvalue weighted by molar-refractivity contribution is -0.120. The van der Waals surface area contributed by atoms with Crippen LogP contribution in [0.3, 0.4) is 0 Å². The van der Waals surface area contributed by atoms with Crippen molar-refractivity contribution in [3.05, 3.63) is 70.6 Å². The summed E-state index contributed by atoms with van der Waals surface area (Å²) in [6.07, 6.45) is 3.06. The average molecular weight is 385 g/mol. The quantitative estimate of drug-likeness (QED) is 0.743. The minimum Gasteiger partial charge on any atom is -0.366 e. The first kappa shape index (κ1) is 17.7. The Bertz CT molecular complexity index is 916. The molecule has 4 nitrogen and oxygen atoms in total. The van der Waals surface area contributed by atoms with Crippen molar-refractivity contribution in [2.45, 2.75) is 19.3 Å². The normalized spacial score (nSPS) is 17.9. The van der Waals surface area contributed by atoms with Crippen molar-refractivity contribution in [2.75, 3.05) is 18.0 Å². The third kappa shape index (κ3) is 3.23. The summed E-state index contributed by atoms with van der Waals surface area (Å²) in [5.74, 6) is -1.12. The Labute approximate surface area is 161 Å². The van der Waals surface area contributed by atoms with Gasteiger partial charge in [0.25, 0.3) is 11.8 Å². The van der Waals surface area contributed by atoms with E-state index in [4.69, 9.17) is 11.6 Å². The summed E-state index contributed by atoms with van der Waals surface area (Å²) < 4.78 is 13.4. The van der Waals surface area contributed by atoms with Gasteiger partial charge in [0.15, 0.2) is 0 Å². The summed E-state index contributed by atoms with van der Waals surface area (Å²) in [6, 6.07) is 12.3. The van der Waals surface area contributed by atoms with E-state index < -0.39 is 5.91 Å². The fourth-order valence-electron chi connectivity index (χ4n) is 3.63. The van der Waals surface area contributed by atoms with Crippen LogP contribution in [0.5, 0.6) is 0 Å². The van der Waals surface area contributed by atoms with Gasteiger partial charge in [-0.15, -0.1) is 0 Å². The lowest BCUT2D eigenvalue weighted by atomic mass is 10.0. The molecule has 2 heterocycles. The molecule has 2 aromatic rings. The first-order valence-electron chi connectivity index (χ1n) is 8.96. The molecule has 1 saturated heterocycles. The minimum absolute atomic E-state index is 0.330. The SMILES string of the molecule is O=C1C(c2ccc(F)cc2)=C(N2CCCCC2)C(=O)N1c1ccc(Cl)cc1. The predicted molar refractivity (Wildman–Crippen MR) is 103 cm³/mol. The molecular formula is C21H18ClFN2O2. The molecule has 1 fully saturated rings. The molecule has 138 valence electrons. The van der Waals surface area contributed by atoms with Crippen molar-refractivity contribution in [3.63, 3.8) is 0 Å². The minimum atomic E-state index is -0.394. The third-order valence-corrected chi connectivity index (χ3v) is 5.20. The van der Waals surface area contributed by atoms with Gasteiger partial charge in [0.2, 0.25) is 0 Å². The van der Waals surface area contributed by atoms with E-state index in [9.17, 15) is 14.0 Å². The first-order valence-corrected chi connectivity index (χ1v) is 9.33. The van der Waals surface area contributed by atoms with Crippen LogP contribution < -0.4 is 4.90 Å². The Hall–Kier alpha value is -2.66. The van der Waals surface area contributed by atoms with Gasteiger partial charge in [-0.1, -0.05) is 23.7 Å². The highest BCUT2D eigenvalue weighted by atomic mass is 35.5. The number of imide groups is 1. The fraction of sp³-hybridized carbons (Fsp3) is 0.238. The van der Waals surface area contributed by atoms with Crippen molar-refractivity contribution < 1.29 is 14.0 Å². The molecule has 27 heavy (non-hydrogen) atoms. The van der Waals surface area contributed by atoms with Crippen LogP contribution in [-0.2, 0) is 9.59 Å².